The van der Waals surface area contributed by atoms with Gasteiger partial charge in [0.25, 0.3) is 0 Å². The molecule has 11 heteroatoms. The predicted octanol–water partition coefficient (Wildman–Crippen LogP) is -1.48. The number of hydrogen-bond acceptors (Lipinski definition) is 10. The lowest BCUT2D eigenvalue weighted by atomic mass is 9.52. The number of nitrogens with two attached hydrogens (primary N) is 2. The van der Waals surface area contributed by atoms with E-state index in [1.165, 1.54) is 11.0 Å². The summed E-state index contributed by atoms with van der Waals surface area (Å²) in [6.07, 6.45) is 0.190. The number of hydrogen-bond donors (Lipinski definition) is 4. The lowest BCUT2D eigenvalue weighted by molar-refractivity contribution is -0.181. The number of Topliss-reactive ketones (excluding diaryl/α,β-unsaturated/α-hetero) is 4. The van der Waals surface area contributed by atoms with Crippen molar-refractivity contribution in [3.63, 3.8) is 0 Å². The maximum atomic E-state index is 13.7. The molecule has 2 fully saturated rings. The number of nitrogens with zero attached hydrogens (tertiary/aromatic N) is 2. The third kappa shape index (κ3) is 2.93. The van der Waals surface area contributed by atoms with Crippen LogP contribution in [-0.2, 0) is 25.6 Å². The number of likely N-dealkylation sites (N-methyl/N-ethyl adjacent to an activating group) is 1. The van der Waals surface area contributed by atoms with Crippen molar-refractivity contribution in [3.8, 4) is 5.75 Å². The first kappa shape index (κ1) is 23.8. The molecule has 3 aliphatic carbocycles. The molecular formula is C23H28N4O7. The monoisotopic (exact) mass is 472 g/mol. The third-order valence-electron chi connectivity index (χ3n) is 7.55. The summed E-state index contributed by atoms with van der Waals surface area (Å²) >= 11 is 0. The van der Waals surface area contributed by atoms with E-state index in [-0.39, 0.29) is 24.1 Å². The molecule has 2 saturated carbocycles. The van der Waals surface area contributed by atoms with E-state index in [9.17, 15) is 34.2 Å². The number of aromatic hydroxyl groups is 1. The van der Waals surface area contributed by atoms with Crippen molar-refractivity contribution >= 4 is 40.4 Å². The maximum Gasteiger partial charge on any atom is 0.235 e. The molecule has 0 aromatic heterocycles. The number of carbonyl (C=O) groups excluding carboxylic acids is 5. The quantitative estimate of drug-likeness (QED) is 0.230. The lowest BCUT2D eigenvalue weighted by Crippen LogP contribution is -2.74. The van der Waals surface area contributed by atoms with Crippen molar-refractivity contribution in [1.29, 1.82) is 0 Å². The van der Waals surface area contributed by atoms with E-state index in [2.05, 4.69) is 0 Å². The minimum Gasteiger partial charge on any atom is -0.505 e. The van der Waals surface area contributed by atoms with Crippen LogP contribution in [0.15, 0.2) is 6.07 Å². The number of phenols is 1. The molecule has 1 aromatic carbocycles. The number of anilines is 2. The van der Waals surface area contributed by atoms with Crippen molar-refractivity contribution in [2.24, 2.45) is 29.4 Å². The van der Waals surface area contributed by atoms with Crippen LogP contribution in [-0.4, -0.2) is 84.0 Å². The molecular weight excluding hydrogens is 444 g/mol. The highest BCUT2D eigenvalue weighted by molar-refractivity contribution is 6.32. The molecule has 0 spiro atoms. The number of rotatable bonds is 3. The topological polar surface area (TPSA) is 184 Å². The number of phenolic OH excluding ortho intramolecular Hbond substituents is 1. The molecule has 11 nitrogen and oxygen atoms in total. The Kier molecular flexibility index (Phi) is 5.33. The van der Waals surface area contributed by atoms with Crippen LogP contribution in [0.3, 0.4) is 0 Å². The van der Waals surface area contributed by atoms with Crippen molar-refractivity contribution in [1.82, 2.24) is 4.90 Å². The van der Waals surface area contributed by atoms with Gasteiger partial charge in [0, 0.05) is 25.7 Å². The van der Waals surface area contributed by atoms with Crippen molar-refractivity contribution in [2.75, 3.05) is 38.8 Å². The first-order valence-electron chi connectivity index (χ1n) is 10.9. The first-order chi connectivity index (χ1) is 15.7. The zero-order valence-electron chi connectivity index (χ0n) is 19.4. The van der Waals surface area contributed by atoms with Crippen molar-refractivity contribution in [2.45, 2.75) is 24.5 Å². The van der Waals surface area contributed by atoms with E-state index < -0.39 is 70.1 Å². The van der Waals surface area contributed by atoms with Crippen LogP contribution in [0.1, 0.15) is 22.3 Å². The van der Waals surface area contributed by atoms with Gasteiger partial charge in [0.2, 0.25) is 5.91 Å². The molecule has 6 N–H and O–H groups in total. The fraction of sp³-hybridized carbons (Fsp3) is 0.522. The molecule has 0 aliphatic heterocycles. The molecule has 3 unspecified atom stereocenters. The molecule has 0 radical (unpaired) electrons. The first-order valence-corrected chi connectivity index (χ1v) is 10.9. The van der Waals surface area contributed by atoms with Gasteiger partial charge in [-0.1, -0.05) is 0 Å². The van der Waals surface area contributed by atoms with Gasteiger partial charge in [-0.15, -0.1) is 0 Å². The number of fused-ring (bicyclic) bond motifs is 3. The fourth-order valence-electron chi connectivity index (χ4n) is 6.07. The average molecular weight is 472 g/mol. The fourth-order valence-corrected chi connectivity index (χ4v) is 6.07. The minimum atomic E-state index is -2.74. The van der Waals surface area contributed by atoms with Crippen LogP contribution in [0.25, 0.3) is 0 Å². The van der Waals surface area contributed by atoms with Crippen LogP contribution in [0.2, 0.25) is 0 Å². The zero-order chi connectivity index (χ0) is 25.4. The Balaban J connectivity index is 1.91. The van der Waals surface area contributed by atoms with E-state index in [1.54, 1.807) is 33.1 Å². The van der Waals surface area contributed by atoms with Crippen LogP contribution in [0.5, 0.6) is 5.75 Å². The smallest absolute Gasteiger partial charge is 0.235 e. The molecule has 0 saturated heterocycles. The Morgan fingerprint density at radius 3 is 2.26 bits per heavy atom. The Labute approximate surface area is 195 Å². The maximum absolute atomic E-state index is 13.7. The Hall–Kier alpha value is -3.31. The number of aliphatic hydroxyl groups is 1. The van der Waals surface area contributed by atoms with Crippen molar-refractivity contribution < 1.29 is 34.2 Å². The Morgan fingerprint density at radius 2 is 1.74 bits per heavy atom. The van der Waals surface area contributed by atoms with Crippen molar-refractivity contribution in [3.05, 3.63) is 17.2 Å². The highest BCUT2D eigenvalue weighted by Crippen LogP contribution is 2.52. The SMILES string of the molecule is CN(C)c1cc(N)c(O)c2c1CC1C[C@H]3[C@H](N(C)C)C(=O)C(C(N)=O)C(=O)[C@@]3(O)C(=O)C1C2=O. The van der Waals surface area contributed by atoms with Gasteiger partial charge in [0.1, 0.15) is 5.75 Å². The number of carbonyl (C=O) groups is 5. The molecule has 6 atom stereocenters. The zero-order valence-corrected chi connectivity index (χ0v) is 19.4. The molecule has 1 aromatic rings. The summed E-state index contributed by atoms with van der Waals surface area (Å²) < 4.78 is 0. The normalized spacial score (nSPS) is 32.8. The van der Waals surface area contributed by atoms with Gasteiger partial charge in [-0.3, -0.25) is 28.9 Å². The summed E-state index contributed by atoms with van der Waals surface area (Å²) in [7, 11) is 6.58. The summed E-state index contributed by atoms with van der Waals surface area (Å²) in [5.74, 6) is -10.8. The van der Waals surface area contributed by atoms with E-state index in [0.29, 0.717) is 11.3 Å². The number of amides is 1. The average Bonchev–Trinajstić information content (AvgIpc) is 2.72. The summed E-state index contributed by atoms with van der Waals surface area (Å²) in [5, 5.41) is 22.1. The van der Waals surface area contributed by atoms with Crippen LogP contribution < -0.4 is 16.4 Å². The van der Waals surface area contributed by atoms with E-state index in [1.807, 2.05) is 0 Å². The molecule has 3 aliphatic rings. The minimum absolute atomic E-state index is 0.00189. The van der Waals surface area contributed by atoms with Crippen LogP contribution >= 0.6 is 0 Å². The number of benzene rings is 1. The number of primary amides is 1. The van der Waals surface area contributed by atoms with Gasteiger partial charge in [-0.2, -0.15) is 0 Å². The molecule has 1 amide bonds. The van der Waals surface area contributed by atoms with E-state index in [0.717, 1.165) is 0 Å². The molecule has 4 rings (SSSR count). The molecule has 34 heavy (non-hydrogen) atoms. The van der Waals surface area contributed by atoms with Gasteiger partial charge in [0.05, 0.1) is 23.2 Å². The van der Waals surface area contributed by atoms with Gasteiger partial charge >= 0.3 is 0 Å². The second-order valence-electron chi connectivity index (χ2n) is 9.87. The summed E-state index contributed by atoms with van der Waals surface area (Å²) in [6.45, 7) is 0. The van der Waals surface area contributed by atoms with Gasteiger partial charge < -0.3 is 26.6 Å². The second-order valence-corrected chi connectivity index (χ2v) is 9.87. The highest BCUT2D eigenvalue weighted by atomic mass is 16.3. The Morgan fingerprint density at radius 1 is 1.12 bits per heavy atom. The predicted molar refractivity (Wildman–Crippen MR) is 120 cm³/mol. The van der Waals surface area contributed by atoms with Crippen LogP contribution in [0, 0.1) is 23.7 Å². The molecule has 0 heterocycles. The van der Waals surface area contributed by atoms with Crippen LogP contribution in [0.4, 0.5) is 11.4 Å². The number of nitrogen functional groups attached to an aromatic ring is 1. The molecule has 0 bridgehead atoms. The van der Waals surface area contributed by atoms with Gasteiger partial charge in [-0.25, -0.2) is 0 Å². The molecule has 182 valence electrons. The standard InChI is InChI=1S/C23H28N4O7/c1-26(2)12-7-11(24)17(28)14-9(12)5-8-6-10-16(27(3)4)19(30)15(22(25)33)21(32)23(10,34)20(31)13(8)18(14)29/h7-8,10,13,15-16,28,34H,5-6,24H2,1-4H3,(H2,25,33)/t8?,10-,13?,15?,16-,23-/m0/s1. The van der Waals surface area contributed by atoms with E-state index in [4.69, 9.17) is 11.5 Å². The lowest BCUT2D eigenvalue weighted by Gasteiger charge is -2.52. The van der Waals surface area contributed by atoms with Gasteiger partial charge in [-0.05, 0) is 44.5 Å². The summed E-state index contributed by atoms with van der Waals surface area (Å²) in [5.41, 5.74) is 9.41. The highest BCUT2D eigenvalue weighted by Gasteiger charge is 2.69. The summed E-state index contributed by atoms with van der Waals surface area (Å²) in [4.78, 5) is 68.7. The number of ketones is 4. The summed E-state index contributed by atoms with van der Waals surface area (Å²) in [6, 6.07) is 0.408. The van der Waals surface area contributed by atoms with E-state index >= 15 is 0 Å². The third-order valence-corrected chi connectivity index (χ3v) is 7.55. The second kappa shape index (κ2) is 7.60. The van der Waals surface area contributed by atoms with Gasteiger partial charge in [0.15, 0.2) is 34.7 Å². The Bertz CT molecular complexity index is 1160. The largest absolute Gasteiger partial charge is 0.505 e.